The number of carbonyl (C=O) groups excluding carboxylic acids is 1. The van der Waals surface area contributed by atoms with Gasteiger partial charge in [0.15, 0.2) is 0 Å². The summed E-state index contributed by atoms with van der Waals surface area (Å²) in [5.41, 5.74) is 1.99. The number of ether oxygens (including phenoxy) is 1. The third-order valence-electron chi connectivity index (χ3n) is 3.66. The smallest absolute Gasteiger partial charge is 0.266 e. The molecule has 1 heterocycles. The van der Waals surface area contributed by atoms with Crippen LogP contribution in [-0.4, -0.2) is 21.7 Å². The number of hydrogen-bond acceptors (Lipinski definition) is 4. The summed E-state index contributed by atoms with van der Waals surface area (Å²) >= 11 is 9.99. The van der Waals surface area contributed by atoms with E-state index in [1.807, 2.05) is 54.6 Å². The lowest BCUT2D eigenvalue weighted by Gasteiger charge is -2.10. The molecule has 1 fully saturated rings. The molecule has 0 unspecified atom stereocenters. The van der Waals surface area contributed by atoms with Gasteiger partial charge in [-0.1, -0.05) is 70.3 Å². The zero-order valence-electron chi connectivity index (χ0n) is 13.9. The average Bonchev–Trinajstić information content (AvgIpc) is 2.89. The Hall–Kier alpha value is -1.89. The number of thioether (sulfide) groups is 1. The predicted molar refractivity (Wildman–Crippen MR) is 115 cm³/mol. The minimum absolute atomic E-state index is 0.0823. The number of thiocarbonyl (C=S) groups is 1. The Labute approximate surface area is 170 Å². The summed E-state index contributed by atoms with van der Waals surface area (Å²) < 4.78 is 7.46. The van der Waals surface area contributed by atoms with Crippen molar-refractivity contribution >= 4 is 56.2 Å². The van der Waals surface area contributed by atoms with E-state index in [0.29, 0.717) is 22.4 Å². The van der Waals surface area contributed by atoms with Crippen molar-refractivity contribution < 1.29 is 9.53 Å². The molecule has 26 heavy (non-hydrogen) atoms. The van der Waals surface area contributed by atoms with Gasteiger partial charge in [0.05, 0.1) is 4.91 Å². The summed E-state index contributed by atoms with van der Waals surface area (Å²) in [7, 11) is 0. The molecular formula is C20H16BrNO2S2. The molecule has 0 aromatic heterocycles. The molecule has 1 aliphatic heterocycles. The lowest BCUT2D eigenvalue weighted by molar-refractivity contribution is -0.121. The Bertz CT molecular complexity index is 878. The van der Waals surface area contributed by atoms with Crippen LogP contribution >= 0.6 is 39.9 Å². The summed E-state index contributed by atoms with van der Waals surface area (Å²) in [6, 6.07) is 15.7. The van der Waals surface area contributed by atoms with Crippen molar-refractivity contribution in [1.29, 1.82) is 0 Å². The normalized spacial score (nSPS) is 15.6. The third kappa shape index (κ3) is 4.63. The largest absolute Gasteiger partial charge is 0.489 e. The maximum Gasteiger partial charge on any atom is 0.266 e. The summed E-state index contributed by atoms with van der Waals surface area (Å²) in [4.78, 5) is 14.6. The standard InChI is InChI=1S/C20H16BrNO2S2/c1-2-10-22-19(23)18(26-20(22)25)12-15-4-3-5-17(11-15)24-13-14-6-8-16(21)9-7-14/h2-9,11-12H,1,10,13H2/b18-12-. The van der Waals surface area contributed by atoms with E-state index in [1.54, 1.807) is 11.0 Å². The van der Waals surface area contributed by atoms with Gasteiger partial charge in [-0.05, 0) is 41.5 Å². The minimum Gasteiger partial charge on any atom is -0.489 e. The molecule has 0 N–H and O–H groups in total. The number of rotatable bonds is 6. The van der Waals surface area contributed by atoms with Crippen LogP contribution in [0.2, 0.25) is 0 Å². The van der Waals surface area contributed by atoms with Crippen molar-refractivity contribution in [2.45, 2.75) is 6.61 Å². The van der Waals surface area contributed by atoms with Crippen molar-refractivity contribution in [3.63, 3.8) is 0 Å². The van der Waals surface area contributed by atoms with Crippen LogP contribution in [0.5, 0.6) is 5.75 Å². The van der Waals surface area contributed by atoms with Crippen LogP contribution in [0.25, 0.3) is 6.08 Å². The van der Waals surface area contributed by atoms with Crippen LogP contribution in [0.15, 0.2) is 70.6 Å². The van der Waals surface area contributed by atoms with Crippen LogP contribution in [0.4, 0.5) is 0 Å². The number of benzene rings is 2. The number of carbonyl (C=O) groups is 1. The number of halogens is 1. The average molecular weight is 446 g/mol. The highest BCUT2D eigenvalue weighted by Gasteiger charge is 2.30. The predicted octanol–water partition coefficient (Wildman–Crippen LogP) is 5.42. The second kappa shape index (κ2) is 8.66. The highest BCUT2D eigenvalue weighted by molar-refractivity contribution is 9.10. The van der Waals surface area contributed by atoms with Crippen molar-refractivity contribution in [3.8, 4) is 5.75 Å². The fraction of sp³-hybridized carbons (Fsp3) is 0.100. The molecule has 0 radical (unpaired) electrons. The van der Waals surface area contributed by atoms with E-state index >= 15 is 0 Å². The Kier molecular flexibility index (Phi) is 6.29. The van der Waals surface area contributed by atoms with Crippen LogP contribution in [0.1, 0.15) is 11.1 Å². The molecule has 1 amide bonds. The lowest BCUT2D eigenvalue weighted by Crippen LogP contribution is -2.27. The van der Waals surface area contributed by atoms with E-state index < -0.39 is 0 Å². The molecule has 0 aliphatic carbocycles. The Balaban J connectivity index is 1.71. The summed E-state index contributed by atoms with van der Waals surface area (Å²) in [6.07, 6.45) is 3.51. The molecule has 132 valence electrons. The van der Waals surface area contributed by atoms with Gasteiger partial charge in [-0.25, -0.2) is 0 Å². The van der Waals surface area contributed by atoms with Gasteiger partial charge >= 0.3 is 0 Å². The molecule has 1 aliphatic rings. The van der Waals surface area contributed by atoms with E-state index in [2.05, 4.69) is 22.5 Å². The fourth-order valence-corrected chi connectivity index (χ4v) is 3.92. The first-order valence-electron chi connectivity index (χ1n) is 7.90. The highest BCUT2D eigenvalue weighted by atomic mass is 79.9. The molecule has 0 atom stereocenters. The van der Waals surface area contributed by atoms with Crippen molar-refractivity contribution in [3.05, 3.63) is 81.7 Å². The molecule has 3 rings (SSSR count). The Morgan fingerprint density at radius 3 is 2.73 bits per heavy atom. The quantitative estimate of drug-likeness (QED) is 0.337. The Morgan fingerprint density at radius 2 is 2.00 bits per heavy atom. The monoisotopic (exact) mass is 445 g/mol. The summed E-state index contributed by atoms with van der Waals surface area (Å²) in [6.45, 7) is 4.58. The first-order valence-corrected chi connectivity index (χ1v) is 9.92. The summed E-state index contributed by atoms with van der Waals surface area (Å²) in [5, 5.41) is 0. The number of hydrogen-bond donors (Lipinski definition) is 0. The van der Waals surface area contributed by atoms with E-state index in [1.165, 1.54) is 11.8 Å². The van der Waals surface area contributed by atoms with Crippen LogP contribution in [0.3, 0.4) is 0 Å². The van der Waals surface area contributed by atoms with Crippen LogP contribution in [0, 0.1) is 0 Å². The molecule has 0 saturated carbocycles. The Morgan fingerprint density at radius 1 is 1.23 bits per heavy atom. The molecule has 2 aromatic rings. The first kappa shape index (κ1) is 18.9. The van der Waals surface area contributed by atoms with E-state index in [4.69, 9.17) is 17.0 Å². The maximum atomic E-state index is 12.4. The third-order valence-corrected chi connectivity index (χ3v) is 5.57. The van der Waals surface area contributed by atoms with Crippen molar-refractivity contribution in [1.82, 2.24) is 4.90 Å². The van der Waals surface area contributed by atoms with Gasteiger partial charge in [-0.2, -0.15) is 0 Å². The van der Waals surface area contributed by atoms with Gasteiger partial charge in [0.1, 0.15) is 16.7 Å². The highest BCUT2D eigenvalue weighted by Crippen LogP contribution is 2.32. The van der Waals surface area contributed by atoms with E-state index in [0.717, 1.165) is 21.3 Å². The zero-order valence-corrected chi connectivity index (χ0v) is 17.1. The number of amides is 1. The van der Waals surface area contributed by atoms with Crippen LogP contribution in [-0.2, 0) is 11.4 Å². The lowest BCUT2D eigenvalue weighted by atomic mass is 10.2. The van der Waals surface area contributed by atoms with E-state index in [9.17, 15) is 4.79 Å². The maximum absolute atomic E-state index is 12.4. The van der Waals surface area contributed by atoms with Gasteiger partial charge in [0.2, 0.25) is 0 Å². The minimum atomic E-state index is -0.0823. The van der Waals surface area contributed by atoms with Crippen molar-refractivity contribution in [2.75, 3.05) is 6.54 Å². The van der Waals surface area contributed by atoms with E-state index in [-0.39, 0.29) is 5.91 Å². The molecular weight excluding hydrogens is 430 g/mol. The second-order valence-corrected chi connectivity index (χ2v) is 8.16. The van der Waals surface area contributed by atoms with Gasteiger partial charge in [0.25, 0.3) is 5.91 Å². The van der Waals surface area contributed by atoms with Gasteiger partial charge in [0, 0.05) is 11.0 Å². The molecule has 2 aromatic carbocycles. The molecule has 6 heteroatoms. The molecule has 1 saturated heterocycles. The van der Waals surface area contributed by atoms with Gasteiger partial charge in [-0.3, -0.25) is 9.69 Å². The topological polar surface area (TPSA) is 29.5 Å². The molecule has 3 nitrogen and oxygen atoms in total. The number of nitrogens with zero attached hydrogens (tertiary/aromatic N) is 1. The first-order chi connectivity index (χ1) is 12.6. The second-order valence-electron chi connectivity index (χ2n) is 5.57. The van der Waals surface area contributed by atoms with Crippen molar-refractivity contribution in [2.24, 2.45) is 0 Å². The van der Waals surface area contributed by atoms with Gasteiger partial charge in [-0.15, -0.1) is 6.58 Å². The fourth-order valence-electron chi connectivity index (χ4n) is 2.38. The SMILES string of the molecule is C=CCN1C(=O)/C(=C/c2cccc(OCc3ccc(Br)cc3)c2)SC1=S. The molecule has 0 bridgehead atoms. The zero-order chi connectivity index (χ0) is 18.5. The van der Waals surface area contributed by atoms with Gasteiger partial charge < -0.3 is 4.74 Å². The molecule has 0 spiro atoms. The summed E-state index contributed by atoms with van der Waals surface area (Å²) in [5.74, 6) is 0.671. The van der Waals surface area contributed by atoms with Crippen LogP contribution < -0.4 is 4.74 Å².